The van der Waals surface area contributed by atoms with Crippen LogP contribution < -0.4 is 4.74 Å². The lowest BCUT2D eigenvalue weighted by atomic mass is 9.93. The van der Waals surface area contributed by atoms with E-state index in [1.54, 1.807) is 26.0 Å². The third-order valence-corrected chi connectivity index (χ3v) is 3.65. The second-order valence-corrected chi connectivity index (χ2v) is 6.16. The van der Waals surface area contributed by atoms with Crippen LogP contribution in [0.2, 0.25) is 5.02 Å². The number of ether oxygens (including phenoxy) is 1. The van der Waals surface area contributed by atoms with Crippen molar-refractivity contribution < 1.29 is 9.84 Å². The highest BCUT2D eigenvalue weighted by Crippen LogP contribution is 2.23. The van der Waals surface area contributed by atoms with Crippen molar-refractivity contribution in [3.05, 3.63) is 59.1 Å². The SMILES string of the molecule is CC(C#Cc1ccc(Oc2ccc(Cl)cc2)cc1)C(C)(C)O. The van der Waals surface area contributed by atoms with E-state index in [9.17, 15) is 5.11 Å². The zero-order chi connectivity index (χ0) is 16.2. The maximum atomic E-state index is 9.86. The van der Waals surface area contributed by atoms with Gasteiger partial charge in [-0.1, -0.05) is 23.4 Å². The molecule has 3 heteroatoms. The van der Waals surface area contributed by atoms with Crippen LogP contribution >= 0.6 is 11.6 Å². The second-order valence-electron chi connectivity index (χ2n) is 5.73. The van der Waals surface area contributed by atoms with Crippen molar-refractivity contribution in [3.8, 4) is 23.3 Å². The van der Waals surface area contributed by atoms with Crippen molar-refractivity contribution in [2.75, 3.05) is 0 Å². The fourth-order valence-electron chi connectivity index (χ4n) is 1.61. The van der Waals surface area contributed by atoms with Crippen molar-refractivity contribution in [2.24, 2.45) is 5.92 Å². The summed E-state index contributed by atoms with van der Waals surface area (Å²) in [5, 5.41) is 10.5. The summed E-state index contributed by atoms with van der Waals surface area (Å²) < 4.78 is 5.72. The van der Waals surface area contributed by atoms with Crippen LogP contribution in [0.1, 0.15) is 26.3 Å². The van der Waals surface area contributed by atoms with E-state index in [4.69, 9.17) is 16.3 Å². The van der Waals surface area contributed by atoms with Gasteiger partial charge in [-0.05, 0) is 69.3 Å². The molecule has 1 N–H and O–H groups in total. The minimum absolute atomic E-state index is 0.0995. The number of benzene rings is 2. The van der Waals surface area contributed by atoms with Crippen LogP contribution in [-0.4, -0.2) is 10.7 Å². The molecule has 0 spiro atoms. The third-order valence-electron chi connectivity index (χ3n) is 3.40. The van der Waals surface area contributed by atoms with Crippen LogP contribution in [0, 0.1) is 17.8 Å². The van der Waals surface area contributed by atoms with Gasteiger partial charge in [-0.2, -0.15) is 0 Å². The average molecular weight is 315 g/mol. The minimum Gasteiger partial charge on any atom is -0.457 e. The molecule has 1 unspecified atom stereocenters. The highest BCUT2D eigenvalue weighted by molar-refractivity contribution is 6.30. The first-order valence-corrected chi connectivity index (χ1v) is 7.50. The Morgan fingerprint density at radius 3 is 2.00 bits per heavy atom. The predicted molar refractivity (Wildman–Crippen MR) is 90.3 cm³/mol. The van der Waals surface area contributed by atoms with Crippen LogP contribution in [0.25, 0.3) is 0 Å². The summed E-state index contributed by atoms with van der Waals surface area (Å²) in [4.78, 5) is 0. The van der Waals surface area contributed by atoms with Crippen molar-refractivity contribution in [2.45, 2.75) is 26.4 Å². The summed E-state index contributed by atoms with van der Waals surface area (Å²) in [6.07, 6.45) is 0. The Balaban J connectivity index is 2.05. The van der Waals surface area contributed by atoms with Gasteiger partial charge in [0.25, 0.3) is 0 Å². The first kappa shape index (κ1) is 16.4. The molecule has 114 valence electrons. The van der Waals surface area contributed by atoms with E-state index in [1.807, 2.05) is 43.3 Å². The monoisotopic (exact) mass is 314 g/mol. The quantitative estimate of drug-likeness (QED) is 0.817. The minimum atomic E-state index is -0.801. The summed E-state index contributed by atoms with van der Waals surface area (Å²) in [5.74, 6) is 7.50. The van der Waals surface area contributed by atoms with Crippen molar-refractivity contribution >= 4 is 11.6 Å². The molecule has 22 heavy (non-hydrogen) atoms. The van der Waals surface area contributed by atoms with Crippen LogP contribution in [0.5, 0.6) is 11.5 Å². The lowest BCUT2D eigenvalue weighted by Crippen LogP contribution is -2.27. The lowest BCUT2D eigenvalue weighted by Gasteiger charge is -2.20. The first-order chi connectivity index (χ1) is 10.3. The molecule has 0 aliphatic rings. The molecule has 0 saturated carbocycles. The van der Waals surface area contributed by atoms with Gasteiger partial charge in [-0.15, -0.1) is 0 Å². The molecule has 0 amide bonds. The summed E-state index contributed by atoms with van der Waals surface area (Å²) in [6, 6.07) is 14.7. The fraction of sp³-hybridized carbons (Fsp3) is 0.263. The van der Waals surface area contributed by atoms with Crippen molar-refractivity contribution in [1.82, 2.24) is 0 Å². The van der Waals surface area contributed by atoms with Gasteiger partial charge in [-0.25, -0.2) is 0 Å². The third kappa shape index (κ3) is 4.80. The van der Waals surface area contributed by atoms with Gasteiger partial charge in [0.1, 0.15) is 11.5 Å². The molecule has 1 atom stereocenters. The molecule has 0 aromatic heterocycles. The van der Waals surface area contributed by atoms with Crippen LogP contribution in [0.3, 0.4) is 0 Å². The van der Waals surface area contributed by atoms with Crippen molar-refractivity contribution in [3.63, 3.8) is 0 Å². The van der Waals surface area contributed by atoms with Gasteiger partial charge in [0.2, 0.25) is 0 Å². The average Bonchev–Trinajstić information content (AvgIpc) is 2.47. The molecule has 0 saturated heterocycles. The van der Waals surface area contributed by atoms with E-state index in [0.29, 0.717) is 5.02 Å². The molecule has 0 aliphatic heterocycles. The zero-order valence-corrected chi connectivity index (χ0v) is 13.7. The van der Waals surface area contributed by atoms with E-state index < -0.39 is 5.60 Å². The number of hydrogen-bond acceptors (Lipinski definition) is 2. The molecular formula is C19H19ClO2. The van der Waals surface area contributed by atoms with Gasteiger partial charge in [0, 0.05) is 16.5 Å². The molecule has 0 bridgehead atoms. The molecular weight excluding hydrogens is 296 g/mol. The number of aliphatic hydroxyl groups is 1. The maximum absolute atomic E-state index is 9.86. The van der Waals surface area contributed by atoms with Gasteiger partial charge in [-0.3, -0.25) is 0 Å². The summed E-state index contributed by atoms with van der Waals surface area (Å²) in [7, 11) is 0. The largest absolute Gasteiger partial charge is 0.457 e. The Bertz CT molecular complexity index is 671. The van der Waals surface area contributed by atoms with Crippen molar-refractivity contribution in [1.29, 1.82) is 0 Å². The summed E-state index contributed by atoms with van der Waals surface area (Å²) in [5.41, 5.74) is 0.0875. The zero-order valence-electron chi connectivity index (χ0n) is 12.9. The Morgan fingerprint density at radius 2 is 1.50 bits per heavy atom. The van der Waals surface area contributed by atoms with E-state index >= 15 is 0 Å². The molecule has 0 fully saturated rings. The van der Waals surface area contributed by atoms with E-state index in [2.05, 4.69) is 11.8 Å². The fourth-order valence-corrected chi connectivity index (χ4v) is 1.74. The Morgan fingerprint density at radius 1 is 1.00 bits per heavy atom. The lowest BCUT2D eigenvalue weighted by molar-refractivity contribution is 0.0477. The predicted octanol–water partition coefficient (Wildman–Crippen LogP) is 4.89. The van der Waals surface area contributed by atoms with Gasteiger partial charge >= 0.3 is 0 Å². The summed E-state index contributed by atoms with van der Waals surface area (Å²) in [6.45, 7) is 5.43. The van der Waals surface area contributed by atoms with Crippen LogP contribution in [-0.2, 0) is 0 Å². The van der Waals surface area contributed by atoms with Gasteiger partial charge in [0.05, 0.1) is 5.60 Å². The molecule has 0 heterocycles. The van der Waals surface area contributed by atoms with Crippen LogP contribution in [0.4, 0.5) is 0 Å². The van der Waals surface area contributed by atoms with Crippen LogP contribution in [0.15, 0.2) is 48.5 Å². The van der Waals surface area contributed by atoms with E-state index in [0.717, 1.165) is 17.1 Å². The van der Waals surface area contributed by atoms with Gasteiger partial charge in [0.15, 0.2) is 0 Å². The molecule has 0 radical (unpaired) electrons. The Hall–Kier alpha value is -1.95. The standard InChI is InChI=1S/C19H19ClO2/c1-14(19(2,3)21)4-5-15-6-10-17(11-7-15)22-18-12-8-16(20)9-13-18/h6-14,21H,1-3H3. The Kier molecular flexibility index (Phi) is 5.13. The molecule has 0 aliphatic carbocycles. The van der Waals surface area contributed by atoms with E-state index in [-0.39, 0.29) is 5.92 Å². The maximum Gasteiger partial charge on any atom is 0.127 e. The number of halogens is 1. The smallest absolute Gasteiger partial charge is 0.127 e. The number of hydrogen-bond donors (Lipinski definition) is 1. The Labute approximate surface area is 136 Å². The molecule has 2 aromatic rings. The highest BCUT2D eigenvalue weighted by Gasteiger charge is 2.19. The summed E-state index contributed by atoms with van der Waals surface area (Å²) >= 11 is 5.84. The number of rotatable bonds is 3. The topological polar surface area (TPSA) is 29.5 Å². The normalized spacial score (nSPS) is 12.2. The molecule has 2 rings (SSSR count). The first-order valence-electron chi connectivity index (χ1n) is 7.12. The molecule has 2 nitrogen and oxygen atoms in total. The second kappa shape index (κ2) is 6.87. The highest BCUT2D eigenvalue weighted by atomic mass is 35.5. The molecule has 2 aromatic carbocycles. The van der Waals surface area contributed by atoms with Gasteiger partial charge < -0.3 is 9.84 Å². The van der Waals surface area contributed by atoms with E-state index in [1.165, 1.54) is 0 Å².